The smallest absolute Gasteiger partial charge is 0.266 e. The van der Waals surface area contributed by atoms with Gasteiger partial charge in [-0.25, -0.2) is 4.99 Å². The van der Waals surface area contributed by atoms with Crippen molar-refractivity contribution < 1.29 is 4.79 Å². The minimum atomic E-state index is -0.00366. The van der Waals surface area contributed by atoms with Crippen molar-refractivity contribution in [2.75, 3.05) is 31.3 Å². The van der Waals surface area contributed by atoms with E-state index >= 15 is 0 Å². The number of carbonyl (C=O) groups is 1. The van der Waals surface area contributed by atoms with Crippen LogP contribution in [0.5, 0.6) is 0 Å². The lowest BCUT2D eigenvalue weighted by Gasteiger charge is -2.20. The van der Waals surface area contributed by atoms with Gasteiger partial charge < -0.3 is 4.90 Å². The maximum atomic E-state index is 12.7. The SMILES string of the molecule is CSc1cccc(N=C2S/C(=C/c3ccc(N4CCCC4)c(C)c3)C(=O)N2C)c1. The molecular formula is C23H25N3OS2. The second kappa shape index (κ2) is 8.67. The second-order valence-electron chi connectivity index (χ2n) is 7.31. The summed E-state index contributed by atoms with van der Waals surface area (Å²) in [6, 6.07) is 14.5. The van der Waals surface area contributed by atoms with Gasteiger partial charge in [0.15, 0.2) is 5.17 Å². The molecule has 2 aliphatic rings. The van der Waals surface area contributed by atoms with Crippen molar-refractivity contribution in [1.29, 1.82) is 0 Å². The summed E-state index contributed by atoms with van der Waals surface area (Å²) in [5.41, 5.74) is 4.49. The van der Waals surface area contributed by atoms with E-state index in [9.17, 15) is 4.79 Å². The van der Waals surface area contributed by atoms with E-state index in [2.05, 4.69) is 36.1 Å². The van der Waals surface area contributed by atoms with Crippen LogP contribution in [0.3, 0.4) is 0 Å². The average Bonchev–Trinajstić information content (AvgIpc) is 3.34. The fourth-order valence-electron chi connectivity index (χ4n) is 3.67. The Kier molecular flexibility index (Phi) is 6.01. The van der Waals surface area contributed by atoms with Gasteiger partial charge in [0.2, 0.25) is 0 Å². The van der Waals surface area contributed by atoms with Gasteiger partial charge in [0.05, 0.1) is 10.6 Å². The molecule has 2 aliphatic heterocycles. The number of amides is 1. The number of anilines is 1. The molecule has 2 aromatic carbocycles. The third-order valence-corrected chi connectivity index (χ3v) is 7.03. The Balaban J connectivity index is 1.57. The number of amidine groups is 1. The summed E-state index contributed by atoms with van der Waals surface area (Å²) in [5.74, 6) is -0.00366. The number of aryl methyl sites for hydroxylation is 1. The van der Waals surface area contributed by atoms with E-state index in [1.807, 2.05) is 30.5 Å². The number of thioether (sulfide) groups is 2. The number of carbonyl (C=O) groups excluding carboxylic acids is 1. The van der Waals surface area contributed by atoms with Gasteiger partial charge in [0, 0.05) is 30.7 Å². The molecule has 2 saturated heterocycles. The molecular weight excluding hydrogens is 398 g/mol. The molecule has 0 aliphatic carbocycles. The highest BCUT2D eigenvalue weighted by Gasteiger charge is 2.30. The van der Waals surface area contributed by atoms with Gasteiger partial charge in [-0.3, -0.25) is 9.69 Å². The van der Waals surface area contributed by atoms with Crippen molar-refractivity contribution in [3.05, 3.63) is 58.5 Å². The minimum absolute atomic E-state index is 0.00366. The average molecular weight is 424 g/mol. The number of likely N-dealkylation sites (N-methyl/N-ethyl adjacent to an activating group) is 1. The van der Waals surface area contributed by atoms with Gasteiger partial charge in [-0.2, -0.15) is 0 Å². The highest BCUT2D eigenvalue weighted by Crippen LogP contribution is 2.34. The highest BCUT2D eigenvalue weighted by molar-refractivity contribution is 8.18. The van der Waals surface area contributed by atoms with Crippen LogP contribution in [0.1, 0.15) is 24.0 Å². The lowest BCUT2D eigenvalue weighted by molar-refractivity contribution is -0.121. The fraction of sp³-hybridized carbons (Fsp3) is 0.304. The second-order valence-corrected chi connectivity index (χ2v) is 9.20. The quantitative estimate of drug-likeness (QED) is 0.477. The van der Waals surface area contributed by atoms with Crippen LogP contribution in [0.25, 0.3) is 6.08 Å². The van der Waals surface area contributed by atoms with E-state index in [1.165, 1.54) is 35.9 Å². The fourth-order valence-corrected chi connectivity index (χ4v) is 5.11. The maximum absolute atomic E-state index is 12.7. The summed E-state index contributed by atoms with van der Waals surface area (Å²) in [4.78, 5) is 23.4. The number of hydrogen-bond donors (Lipinski definition) is 0. The van der Waals surface area contributed by atoms with Crippen molar-refractivity contribution in [3.63, 3.8) is 0 Å². The Labute approximate surface area is 181 Å². The molecule has 29 heavy (non-hydrogen) atoms. The predicted octanol–water partition coefficient (Wildman–Crippen LogP) is 5.55. The van der Waals surface area contributed by atoms with Gasteiger partial charge in [0.25, 0.3) is 5.91 Å². The summed E-state index contributed by atoms with van der Waals surface area (Å²) in [5, 5.41) is 0.713. The van der Waals surface area contributed by atoms with Crippen molar-refractivity contribution in [2.24, 2.45) is 4.99 Å². The zero-order valence-corrected chi connectivity index (χ0v) is 18.6. The molecule has 0 saturated carbocycles. The van der Waals surface area contributed by atoms with Gasteiger partial charge >= 0.3 is 0 Å². The monoisotopic (exact) mass is 423 g/mol. The molecule has 4 nitrogen and oxygen atoms in total. The van der Waals surface area contributed by atoms with Gasteiger partial charge in [-0.05, 0) is 85.3 Å². The van der Waals surface area contributed by atoms with E-state index in [-0.39, 0.29) is 5.91 Å². The summed E-state index contributed by atoms with van der Waals surface area (Å²) in [6.45, 7) is 4.42. The molecule has 0 N–H and O–H groups in total. The van der Waals surface area contributed by atoms with Crippen LogP contribution >= 0.6 is 23.5 Å². The zero-order chi connectivity index (χ0) is 20.4. The van der Waals surface area contributed by atoms with Crippen molar-refractivity contribution >= 4 is 52.0 Å². The molecule has 0 bridgehead atoms. The normalized spacial score (nSPS) is 19.8. The van der Waals surface area contributed by atoms with Crippen LogP contribution in [0.15, 0.2) is 57.3 Å². The standard InChI is InChI=1S/C23H25N3OS2/c1-16-13-17(9-10-20(16)26-11-4-5-12-26)14-21-22(27)25(2)23(29-21)24-18-7-6-8-19(15-18)28-3/h6-10,13-15H,4-5,11-12H2,1-3H3/b21-14+,24-23?. The first kappa shape index (κ1) is 20.1. The molecule has 0 atom stereocenters. The minimum Gasteiger partial charge on any atom is -0.371 e. The summed E-state index contributed by atoms with van der Waals surface area (Å²) in [6.07, 6.45) is 6.56. The maximum Gasteiger partial charge on any atom is 0.266 e. The van der Waals surface area contributed by atoms with Crippen LogP contribution in [0.4, 0.5) is 11.4 Å². The Morgan fingerprint density at radius 2 is 1.93 bits per heavy atom. The van der Waals surface area contributed by atoms with E-state index < -0.39 is 0 Å². The molecule has 0 unspecified atom stereocenters. The summed E-state index contributed by atoms with van der Waals surface area (Å²) >= 11 is 3.12. The van der Waals surface area contributed by atoms with Crippen molar-refractivity contribution in [1.82, 2.24) is 4.90 Å². The molecule has 2 aromatic rings. The van der Waals surface area contributed by atoms with Crippen molar-refractivity contribution in [2.45, 2.75) is 24.7 Å². The van der Waals surface area contributed by atoms with Crippen LogP contribution < -0.4 is 4.90 Å². The Morgan fingerprint density at radius 3 is 2.66 bits per heavy atom. The molecule has 1 amide bonds. The molecule has 0 aromatic heterocycles. The summed E-state index contributed by atoms with van der Waals surface area (Å²) < 4.78 is 0. The third kappa shape index (κ3) is 4.38. The molecule has 0 spiro atoms. The lowest BCUT2D eigenvalue weighted by atomic mass is 10.1. The topological polar surface area (TPSA) is 35.9 Å². The Hall–Kier alpha value is -2.18. The van der Waals surface area contributed by atoms with E-state index in [0.29, 0.717) is 10.1 Å². The van der Waals surface area contributed by atoms with Crippen LogP contribution in [0, 0.1) is 6.92 Å². The largest absolute Gasteiger partial charge is 0.371 e. The zero-order valence-electron chi connectivity index (χ0n) is 17.0. The first-order valence-electron chi connectivity index (χ1n) is 9.81. The van der Waals surface area contributed by atoms with Crippen LogP contribution in [-0.4, -0.2) is 42.4 Å². The van der Waals surface area contributed by atoms with Gasteiger partial charge in [0.1, 0.15) is 0 Å². The van der Waals surface area contributed by atoms with E-state index in [0.717, 1.165) is 29.2 Å². The Bertz CT molecular complexity index is 993. The van der Waals surface area contributed by atoms with E-state index in [1.54, 1.807) is 23.7 Å². The summed E-state index contributed by atoms with van der Waals surface area (Å²) in [7, 11) is 1.79. The molecule has 150 valence electrons. The highest BCUT2D eigenvalue weighted by atomic mass is 32.2. The number of benzene rings is 2. The molecule has 4 rings (SSSR count). The lowest BCUT2D eigenvalue weighted by Crippen LogP contribution is -2.23. The van der Waals surface area contributed by atoms with Crippen molar-refractivity contribution in [3.8, 4) is 0 Å². The molecule has 2 fully saturated rings. The number of aliphatic imine (C=N–C) groups is 1. The Morgan fingerprint density at radius 1 is 1.14 bits per heavy atom. The number of rotatable bonds is 4. The predicted molar refractivity (Wildman–Crippen MR) is 126 cm³/mol. The van der Waals surface area contributed by atoms with Gasteiger partial charge in [-0.15, -0.1) is 11.8 Å². The van der Waals surface area contributed by atoms with Crippen LogP contribution in [0.2, 0.25) is 0 Å². The number of hydrogen-bond acceptors (Lipinski definition) is 5. The van der Waals surface area contributed by atoms with E-state index in [4.69, 9.17) is 4.99 Å². The molecule has 0 radical (unpaired) electrons. The number of nitrogens with zero attached hydrogens (tertiary/aromatic N) is 3. The molecule has 6 heteroatoms. The van der Waals surface area contributed by atoms with Crippen LogP contribution in [-0.2, 0) is 4.79 Å². The molecule has 2 heterocycles. The first-order chi connectivity index (χ1) is 14.0. The third-order valence-electron chi connectivity index (χ3n) is 5.25. The van der Waals surface area contributed by atoms with Gasteiger partial charge in [-0.1, -0.05) is 12.1 Å². The first-order valence-corrected chi connectivity index (χ1v) is 11.9.